The number of carbonyl (C=O) groups excluding carboxylic acids is 2. The third kappa shape index (κ3) is 5.98. The van der Waals surface area contributed by atoms with Crippen LogP contribution in [0.25, 0.3) is 0 Å². The third-order valence-electron chi connectivity index (χ3n) is 2.65. The Balaban J connectivity index is 3.07. The SMILES string of the molecule is CC(C)(C)NC(=O)C(C(=O)NC(C)(C)C)c1ccccc1. The van der Waals surface area contributed by atoms with E-state index in [9.17, 15) is 9.59 Å². The van der Waals surface area contributed by atoms with Gasteiger partial charge in [0.1, 0.15) is 5.92 Å². The van der Waals surface area contributed by atoms with Crippen molar-refractivity contribution < 1.29 is 9.59 Å². The van der Waals surface area contributed by atoms with E-state index in [1.165, 1.54) is 0 Å². The minimum Gasteiger partial charge on any atom is -0.351 e. The fourth-order valence-corrected chi connectivity index (χ4v) is 1.95. The van der Waals surface area contributed by atoms with E-state index in [0.717, 1.165) is 0 Å². The molecule has 0 aliphatic rings. The normalized spacial score (nSPS) is 12.1. The molecule has 1 aromatic rings. The van der Waals surface area contributed by atoms with Crippen molar-refractivity contribution in [1.82, 2.24) is 10.6 Å². The molecular weight excluding hydrogens is 264 g/mol. The van der Waals surface area contributed by atoms with Gasteiger partial charge in [-0.05, 0) is 47.1 Å². The molecule has 4 nitrogen and oxygen atoms in total. The minimum absolute atomic E-state index is 0.282. The Hall–Kier alpha value is -1.84. The summed E-state index contributed by atoms with van der Waals surface area (Å²) < 4.78 is 0. The molecule has 0 aliphatic heterocycles. The molecule has 0 saturated heterocycles. The first kappa shape index (κ1) is 17.2. The molecule has 0 heterocycles. The van der Waals surface area contributed by atoms with E-state index in [1.54, 1.807) is 12.1 Å². The monoisotopic (exact) mass is 290 g/mol. The van der Waals surface area contributed by atoms with Crippen molar-refractivity contribution in [1.29, 1.82) is 0 Å². The van der Waals surface area contributed by atoms with Gasteiger partial charge in [0.25, 0.3) is 0 Å². The van der Waals surface area contributed by atoms with Crippen molar-refractivity contribution in [2.24, 2.45) is 0 Å². The standard InChI is InChI=1S/C17H26N2O2/c1-16(2,3)18-14(20)13(12-10-8-7-9-11-12)15(21)19-17(4,5)6/h7-11,13H,1-6H3,(H,18,20)(H,19,21). The van der Waals surface area contributed by atoms with Gasteiger partial charge in [-0.25, -0.2) is 0 Å². The Morgan fingerprint density at radius 3 is 1.52 bits per heavy atom. The van der Waals surface area contributed by atoms with Crippen molar-refractivity contribution in [3.63, 3.8) is 0 Å². The van der Waals surface area contributed by atoms with E-state index in [4.69, 9.17) is 0 Å². The van der Waals surface area contributed by atoms with Gasteiger partial charge < -0.3 is 10.6 Å². The van der Waals surface area contributed by atoms with Gasteiger partial charge in [-0.2, -0.15) is 0 Å². The fraction of sp³-hybridized carbons (Fsp3) is 0.529. The van der Waals surface area contributed by atoms with Gasteiger partial charge in [0.05, 0.1) is 0 Å². The van der Waals surface area contributed by atoms with Gasteiger partial charge in [0.15, 0.2) is 0 Å². The second-order valence-corrected chi connectivity index (χ2v) is 7.32. The van der Waals surface area contributed by atoms with E-state index >= 15 is 0 Å². The van der Waals surface area contributed by atoms with Crippen LogP contribution in [0.4, 0.5) is 0 Å². The van der Waals surface area contributed by atoms with Crippen LogP contribution in [0.5, 0.6) is 0 Å². The lowest BCUT2D eigenvalue weighted by Crippen LogP contribution is -2.50. The van der Waals surface area contributed by atoms with Gasteiger partial charge in [-0.15, -0.1) is 0 Å². The van der Waals surface area contributed by atoms with Crippen LogP contribution in [0.3, 0.4) is 0 Å². The zero-order chi connectivity index (χ0) is 16.3. The molecule has 0 unspecified atom stereocenters. The van der Waals surface area contributed by atoms with Crippen molar-refractivity contribution in [3.8, 4) is 0 Å². The van der Waals surface area contributed by atoms with Crippen LogP contribution >= 0.6 is 0 Å². The molecule has 1 rings (SSSR count). The van der Waals surface area contributed by atoms with Crippen LogP contribution in [0.15, 0.2) is 30.3 Å². The second kappa shape index (κ2) is 6.29. The van der Waals surface area contributed by atoms with Crippen molar-refractivity contribution in [2.75, 3.05) is 0 Å². The second-order valence-electron chi connectivity index (χ2n) is 7.32. The van der Waals surface area contributed by atoms with Gasteiger partial charge >= 0.3 is 0 Å². The molecular formula is C17H26N2O2. The molecule has 0 atom stereocenters. The summed E-state index contributed by atoms with van der Waals surface area (Å²) in [7, 11) is 0. The predicted octanol–water partition coefficient (Wildman–Crippen LogP) is 2.60. The number of nitrogens with one attached hydrogen (secondary N) is 2. The molecule has 0 spiro atoms. The molecule has 21 heavy (non-hydrogen) atoms. The zero-order valence-corrected chi connectivity index (χ0v) is 13.8. The van der Waals surface area contributed by atoms with Crippen LogP contribution in [0.2, 0.25) is 0 Å². The summed E-state index contributed by atoms with van der Waals surface area (Å²) in [5.74, 6) is -1.41. The molecule has 0 aromatic heterocycles. The van der Waals surface area contributed by atoms with E-state index in [-0.39, 0.29) is 22.9 Å². The highest BCUT2D eigenvalue weighted by Gasteiger charge is 2.32. The van der Waals surface area contributed by atoms with Crippen LogP contribution in [-0.4, -0.2) is 22.9 Å². The van der Waals surface area contributed by atoms with Crippen LogP contribution in [-0.2, 0) is 9.59 Å². The molecule has 4 heteroatoms. The smallest absolute Gasteiger partial charge is 0.237 e. The van der Waals surface area contributed by atoms with Crippen molar-refractivity contribution in [2.45, 2.75) is 58.5 Å². The first-order valence-electron chi connectivity index (χ1n) is 7.18. The number of carbonyl (C=O) groups is 2. The molecule has 0 fully saturated rings. The zero-order valence-electron chi connectivity index (χ0n) is 13.8. The number of amides is 2. The van der Waals surface area contributed by atoms with E-state index in [2.05, 4.69) is 10.6 Å². The average molecular weight is 290 g/mol. The molecule has 0 saturated carbocycles. The molecule has 2 N–H and O–H groups in total. The molecule has 0 aliphatic carbocycles. The lowest BCUT2D eigenvalue weighted by atomic mass is 9.94. The maximum atomic E-state index is 12.5. The van der Waals surface area contributed by atoms with Crippen LogP contribution in [0.1, 0.15) is 53.0 Å². The van der Waals surface area contributed by atoms with E-state index in [1.807, 2.05) is 59.7 Å². The quantitative estimate of drug-likeness (QED) is 0.841. The predicted molar refractivity (Wildman–Crippen MR) is 85.0 cm³/mol. The topological polar surface area (TPSA) is 58.2 Å². The highest BCUT2D eigenvalue weighted by Crippen LogP contribution is 2.19. The Bertz CT molecular complexity index is 468. The maximum absolute atomic E-state index is 12.5. The molecule has 2 amide bonds. The summed E-state index contributed by atoms with van der Waals surface area (Å²) in [6.07, 6.45) is 0. The molecule has 1 aromatic carbocycles. The Labute approximate surface area is 127 Å². The largest absolute Gasteiger partial charge is 0.351 e. The number of hydrogen-bond donors (Lipinski definition) is 2. The lowest BCUT2D eigenvalue weighted by molar-refractivity contribution is -0.133. The summed E-state index contributed by atoms with van der Waals surface area (Å²) in [4.78, 5) is 25.0. The molecule has 0 radical (unpaired) electrons. The minimum atomic E-state index is -0.843. The Kier molecular flexibility index (Phi) is 5.15. The molecule has 0 bridgehead atoms. The highest BCUT2D eigenvalue weighted by molar-refractivity contribution is 6.06. The van der Waals surface area contributed by atoms with Gasteiger partial charge in [0, 0.05) is 11.1 Å². The lowest BCUT2D eigenvalue weighted by Gasteiger charge is -2.27. The van der Waals surface area contributed by atoms with E-state index < -0.39 is 5.92 Å². The average Bonchev–Trinajstić information content (AvgIpc) is 2.25. The number of hydrogen-bond acceptors (Lipinski definition) is 2. The molecule has 116 valence electrons. The van der Waals surface area contributed by atoms with Crippen LogP contribution < -0.4 is 10.6 Å². The first-order chi connectivity index (χ1) is 9.49. The van der Waals surface area contributed by atoms with Gasteiger partial charge in [0.2, 0.25) is 11.8 Å². The third-order valence-corrected chi connectivity index (χ3v) is 2.65. The van der Waals surface area contributed by atoms with Crippen LogP contribution in [0, 0.1) is 0 Å². The summed E-state index contributed by atoms with van der Waals surface area (Å²) in [6.45, 7) is 11.4. The maximum Gasteiger partial charge on any atom is 0.237 e. The van der Waals surface area contributed by atoms with Gasteiger partial charge in [-0.3, -0.25) is 9.59 Å². The Morgan fingerprint density at radius 2 is 1.19 bits per heavy atom. The summed E-state index contributed by atoms with van der Waals surface area (Å²) in [6, 6.07) is 9.13. The highest BCUT2D eigenvalue weighted by atomic mass is 16.2. The van der Waals surface area contributed by atoms with Gasteiger partial charge in [-0.1, -0.05) is 30.3 Å². The van der Waals surface area contributed by atoms with Crippen molar-refractivity contribution in [3.05, 3.63) is 35.9 Å². The number of benzene rings is 1. The summed E-state index contributed by atoms with van der Waals surface area (Å²) >= 11 is 0. The fourth-order valence-electron chi connectivity index (χ4n) is 1.95. The first-order valence-corrected chi connectivity index (χ1v) is 7.18. The summed E-state index contributed by atoms with van der Waals surface area (Å²) in [5, 5.41) is 5.77. The number of rotatable bonds is 3. The van der Waals surface area contributed by atoms with Crippen molar-refractivity contribution >= 4 is 11.8 Å². The summed E-state index contributed by atoms with van der Waals surface area (Å²) in [5.41, 5.74) is -0.0703. The van der Waals surface area contributed by atoms with E-state index in [0.29, 0.717) is 5.56 Å². The Morgan fingerprint density at radius 1 is 0.810 bits per heavy atom.